The molecule has 1 aliphatic heterocycles. The second-order valence-electron chi connectivity index (χ2n) is 4.10. The first kappa shape index (κ1) is 9.83. The van der Waals surface area contributed by atoms with Gasteiger partial charge >= 0.3 is 0 Å². The van der Waals surface area contributed by atoms with Crippen LogP contribution in [0.4, 0.5) is 0 Å². The molecule has 1 saturated heterocycles. The van der Waals surface area contributed by atoms with Crippen molar-refractivity contribution in [2.75, 3.05) is 0 Å². The van der Waals surface area contributed by atoms with Gasteiger partial charge in [-0.15, -0.1) is 0 Å². The summed E-state index contributed by atoms with van der Waals surface area (Å²) in [6, 6.07) is 5.54. The van der Waals surface area contributed by atoms with Crippen molar-refractivity contribution in [2.45, 2.75) is 25.2 Å². The maximum atomic E-state index is 11.3. The van der Waals surface area contributed by atoms with E-state index in [1.54, 1.807) is 6.20 Å². The Morgan fingerprint density at radius 1 is 1.27 bits per heavy atom. The lowest BCUT2D eigenvalue weighted by atomic mass is 9.77. The van der Waals surface area contributed by atoms with Crippen LogP contribution in [0.1, 0.15) is 25.5 Å². The predicted molar refractivity (Wildman–Crippen MR) is 54.0 cm³/mol. The zero-order valence-corrected chi connectivity index (χ0v) is 8.49. The molecule has 0 saturated carbocycles. The predicted octanol–water partition coefficient (Wildman–Crippen LogP) is 0.776. The molecule has 4 heteroatoms. The summed E-state index contributed by atoms with van der Waals surface area (Å²) in [5, 5.41) is 2.30. The van der Waals surface area contributed by atoms with E-state index in [0.717, 1.165) is 5.69 Å². The highest BCUT2D eigenvalue weighted by Crippen LogP contribution is 2.31. The lowest BCUT2D eigenvalue weighted by Crippen LogP contribution is -2.45. The average molecular weight is 204 g/mol. The fourth-order valence-electron chi connectivity index (χ4n) is 1.92. The lowest BCUT2D eigenvalue weighted by molar-refractivity contribution is -0.135. The molecule has 0 radical (unpaired) electrons. The Bertz CT molecular complexity index is 384. The van der Waals surface area contributed by atoms with E-state index in [0.29, 0.717) is 12.8 Å². The van der Waals surface area contributed by atoms with E-state index in [1.807, 2.05) is 25.1 Å². The van der Waals surface area contributed by atoms with Gasteiger partial charge < -0.3 is 0 Å². The van der Waals surface area contributed by atoms with Crippen molar-refractivity contribution in [3.05, 3.63) is 30.1 Å². The molecule has 0 unspecified atom stereocenters. The highest BCUT2D eigenvalue weighted by Gasteiger charge is 2.37. The van der Waals surface area contributed by atoms with Crippen LogP contribution in [0, 0.1) is 0 Å². The summed E-state index contributed by atoms with van der Waals surface area (Å²) in [6.45, 7) is 1.89. The minimum absolute atomic E-state index is 0.223. The maximum Gasteiger partial charge on any atom is 0.227 e. The van der Waals surface area contributed by atoms with E-state index in [9.17, 15) is 9.59 Å². The third kappa shape index (κ3) is 1.88. The summed E-state index contributed by atoms with van der Waals surface area (Å²) in [6.07, 6.45) is 2.31. The zero-order valence-electron chi connectivity index (χ0n) is 8.49. The molecule has 1 fully saturated rings. The number of piperidine rings is 1. The highest BCUT2D eigenvalue weighted by atomic mass is 16.2. The average Bonchev–Trinajstić information content (AvgIpc) is 2.17. The first-order valence-electron chi connectivity index (χ1n) is 4.84. The Balaban J connectivity index is 2.34. The van der Waals surface area contributed by atoms with Crippen molar-refractivity contribution in [1.29, 1.82) is 0 Å². The first-order valence-corrected chi connectivity index (χ1v) is 4.84. The van der Waals surface area contributed by atoms with Gasteiger partial charge in [0, 0.05) is 30.1 Å². The molecule has 1 N–H and O–H groups in total. The third-order valence-corrected chi connectivity index (χ3v) is 2.66. The normalized spacial score (nSPS) is 19.8. The summed E-state index contributed by atoms with van der Waals surface area (Å²) < 4.78 is 0. The van der Waals surface area contributed by atoms with E-state index in [1.165, 1.54) is 0 Å². The molecule has 0 atom stereocenters. The van der Waals surface area contributed by atoms with Crippen LogP contribution >= 0.6 is 0 Å². The Labute approximate surface area is 87.7 Å². The molecule has 4 nitrogen and oxygen atoms in total. The minimum Gasteiger partial charge on any atom is -0.296 e. The van der Waals surface area contributed by atoms with Crippen LogP contribution < -0.4 is 5.32 Å². The minimum atomic E-state index is -0.458. The summed E-state index contributed by atoms with van der Waals surface area (Å²) >= 11 is 0. The number of aromatic nitrogens is 1. The Morgan fingerprint density at radius 3 is 2.47 bits per heavy atom. The largest absolute Gasteiger partial charge is 0.296 e. The molecule has 1 aromatic heterocycles. The topological polar surface area (TPSA) is 59.1 Å². The number of nitrogens with one attached hydrogen (secondary N) is 1. The van der Waals surface area contributed by atoms with Crippen LogP contribution in [-0.2, 0) is 15.0 Å². The number of imide groups is 1. The van der Waals surface area contributed by atoms with Crippen molar-refractivity contribution < 1.29 is 9.59 Å². The number of pyridine rings is 1. The Hall–Kier alpha value is -1.71. The van der Waals surface area contributed by atoms with E-state index < -0.39 is 5.41 Å². The Kier molecular flexibility index (Phi) is 2.26. The van der Waals surface area contributed by atoms with Crippen molar-refractivity contribution in [3.63, 3.8) is 0 Å². The van der Waals surface area contributed by atoms with Gasteiger partial charge in [0.1, 0.15) is 0 Å². The molecule has 2 amide bonds. The molecule has 0 spiro atoms. The molecule has 78 valence electrons. The lowest BCUT2D eigenvalue weighted by Gasteiger charge is -2.31. The van der Waals surface area contributed by atoms with Gasteiger partial charge in [0.15, 0.2) is 0 Å². The quantitative estimate of drug-likeness (QED) is 0.687. The summed E-state index contributed by atoms with van der Waals surface area (Å²) in [5.41, 5.74) is 0.342. The highest BCUT2D eigenvalue weighted by molar-refractivity contribution is 5.99. The summed E-state index contributed by atoms with van der Waals surface area (Å²) in [5.74, 6) is -0.446. The number of amides is 2. The van der Waals surface area contributed by atoms with Gasteiger partial charge in [-0.05, 0) is 12.1 Å². The number of carbonyl (C=O) groups excluding carboxylic acids is 2. The van der Waals surface area contributed by atoms with Crippen LogP contribution in [0.5, 0.6) is 0 Å². The first-order chi connectivity index (χ1) is 7.10. The third-order valence-electron chi connectivity index (χ3n) is 2.66. The molecular formula is C11H12N2O2. The fraction of sp³-hybridized carbons (Fsp3) is 0.364. The van der Waals surface area contributed by atoms with Crippen molar-refractivity contribution in [2.24, 2.45) is 0 Å². The second kappa shape index (κ2) is 3.46. The van der Waals surface area contributed by atoms with Crippen LogP contribution in [-0.4, -0.2) is 16.8 Å². The van der Waals surface area contributed by atoms with Crippen LogP contribution in [0.3, 0.4) is 0 Å². The smallest absolute Gasteiger partial charge is 0.227 e. The van der Waals surface area contributed by atoms with Crippen molar-refractivity contribution in [3.8, 4) is 0 Å². The van der Waals surface area contributed by atoms with Gasteiger partial charge in [0.25, 0.3) is 0 Å². The van der Waals surface area contributed by atoms with Crippen LogP contribution in [0.25, 0.3) is 0 Å². The zero-order chi connectivity index (χ0) is 10.9. The van der Waals surface area contributed by atoms with E-state index >= 15 is 0 Å². The number of hydrogen-bond acceptors (Lipinski definition) is 3. The number of carbonyl (C=O) groups is 2. The van der Waals surface area contributed by atoms with Crippen molar-refractivity contribution >= 4 is 11.8 Å². The summed E-state index contributed by atoms with van der Waals surface area (Å²) in [4.78, 5) is 26.8. The number of nitrogens with zero attached hydrogens (tertiary/aromatic N) is 1. The summed E-state index contributed by atoms with van der Waals surface area (Å²) in [7, 11) is 0. The second-order valence-corrected chi connectivity index (χ2v) is 4.10. The van der Waals surface area contributed by atoms with Gasteiger partial charge in [-0.3, -0.25) is 19.9 Å². The number of hydrogen-bond donors (Lipinski definition) is 1. The van der Waals surface area contributed by atoms with Crippen LogP contribution in [0.2, 0.25) is 0 Å². The molecule has 2 heterocycles. The molecule has 0 aliphatic carbocycles. The molecule has 2 rings (SSSR count). The molecule has 1 aromatic rings. The van der Waals surface area contributed by atoms with Gasteiger partial charge in [-0.25, -0.2) is 0 Å². The molecular weight excluding hydrogens is 192 g/mol. The molecule has 1 aliphatic rings. The van der Waals surface area contributed by atoms with Crippen molar-refractivity contribution in [1.82, 2.24) is 10.3 Å². The monoisotopic (exact) mass is 204 g/mol. The van der Waals surface area contributed by atoms with Crippen LogP contribution in [0.15, 0.2) is 24.4 Å². The van der Waals surface area contributed by atoms with E-state index in [4.69, 9.17) is 0 Å². The van der Waals surface area contributed by atoms with Gasteiger partial charge in [-0.2, -0.15) is 0 Å². The van der Waals surface area contributed by atoms with Gasteiger partial charge in [-0.1, -0.05) is 13.0 Å². The molecule has 0 aromatic carbocycles. The van der Waals surface area contributed by atoms with Gasteiger partial charge in [0.05, 0.1) is 0 Å². The standard InChI is InChI=1S/C11H12N2O2/c1-11(8-4-2-3-5-12-8)6-9(14)13-10(15)7-11/h2-5H,6-7H2,1H3,(H,13,14,15). The van der Waals surface area contributed by atoms with E-state index in [-0.39, 0.29) is 11.8 Å². The fourth-order valence-corrected chi connectivity index (χ4v) is 1.92. The van der Waals surface area contributed by atoms with E-state index in [2.05, 4.69) is 10.3 Å². The maximum absolute atomic E-state index is 11.3. The molecule has 15 heavy (non-hydrogen) atoms. The van der Waals surface area contributed by atoms with Gasteiger partial charge in [0.2, 0.25) is 11.8 Å². The number of rotatable bonds is 1. The molecule has 0 bridgehead atoms. The SMILES string of the molecule is CC1(c2ccccn2)CC(=O)NC(=O)C1. The Morgan fingerprint density at radius 2 is 1.93 bits per heavy atom.